The summed E-state index contributed by atoms with van der Waals surface area (Å²) >= 11 is 0. The van der Waals surface area contributed by atoms with Crippen molar-refractivity contribution in [2.75, 3.05) is 53.4 Å². The normalized spacial score (nSPS) is 11.0. The van der Waals surface area contributed by atoms with Crippen LogP contribution in [0.15, 0.2) is 59.0 Å². The largest absolute Gasteiger partial charge is 0.545 e. The number of hydrogen-bond donors (Lipinski definition) is 1. The number of amides is 1. The molecule has 2 aliphatic rings. The first kappa shape index (κ1) is 24.9. The highest BCUT2D eigenvalue weighted by Crippen LogP contribution is 2.42. The smallest absolute Gasteiger partial charge is 0.251 e. The van der Waals surface area contributed by atoms with E-state index in [1.807, 2.05) is 74.1 Å². The second-order valence-electron chi connectivity index (χ2n) is 8.92. The van der Waals surface area contributed by atoms with Gasteiger partial charge in [-0.2, -0.15) is 0 Å². The third-order valence-corrected chi connectivity index (χ3v) is 6.08. The SMILES string of the molecule is COCCNC(=O)c1ccc(-c2c3ccc(=[N+](C)C)cc-3oc3cc(N(C)C)ccc23)c(C(=O)[O-])c1. The van der Waals surface area contributed by atoms with E-state index in [0.29, 0.717) is 35.6 Å². The Labute approximate surface area is 209 Å². The van der Waals surface area contributed by atoms with Gasteiger partial charge in [-0.15, -0.1) is 0 Å². The van der Waals surface area contributed by atoms with E-state index in [4.69, 9.17) is 9.15 Å². The lowest BCUT2D eigenvalue weighted by molar-refractivity contribution is -0.254. The van der Waals surface area contributed by atoms with Gasteiger partial charge in [-0.1, -0.05) is 6.07 Å². The molecule has 1 heterocycles. The van der Waals surface area contributed by atoms with Crippen LogP contribution in [-0.4, -0.2) is 60.3 Å². The Morgan fingerprint density at radius 1 is 1.03 bits per heavy atom. The van der Waals surface area contributed by atoms with Crippen LogP contribution in [0.2, 0.25) is 0 Å². The van der Waals surface area contributed by atoms with E-state index in [-0.39, 0.29) is 17.0 Å². The molecule has 186 valence electrons. The van der Waals surface area contributed by atoms with Crippen molar-refractivity contribution in [2.24, 2.45) is 0 Å². The third-order valence-electron chi connectivity index (χ3n) is 6.08. The Balaban J connectivity index is 2.00. The van der Waals surface area contributed by atoms with Crippen LogP contribution in [0.25, 0.3) is 33.4 Å². The summed E-state index contributed by atoms with van der Waals surface area (Å²) in [4.78, 5) is 26.8. The number of anilines is 1. The van der Waals surface area contributed by atoms with Gasteiger partial charge in [0, 0.05) is 73.2 Å². The average molecular weight is 488 g/mol. The van der Waals surface area contributed by atoms with E-state index in [2.05, 4.69) is 5.32 Å². The number of ether oxygens (including phenoxy) is 1. The third kappa shape index (κ3) is 4.81. The van der Waals surface area contributed by atoms with Crippen molar-refractivity contribution < 1.29 is 23.8 Å². The first-order valence-corrected chi connectivity index (χ1v) is 11.5. The molecule has 1 aliphatic carbocycles. The lowest BCUT2D eigenvalue weighted by Crippen LogP contribution is -2.28. The van der Waals surface area contributed by atoms with Crippen LogP contribution in [0.4, 0.5) is 5.69 Å². The number of hydrogen-bond acceptors (Lipinski definition) is 6. The summed E-state index contributed by atoms with van der Waals surface area (Å²) in [6.07, 6.45) is 0. The van der Waals surface area contributed by atoms with Crippen molar-refractivity contribution in [1.29, 1.82) is 0 Å². The van der Waals surface area contributed by atoms with Crippen LogP contribution in [0.5, 0.6) is 0 Å². The van der Waals surface area contributed by atoms with Gasteiger partial charge in [-0.25, -0.2) is 4.58 Å². The molecule has 0 bridgehead atoms. The molecule has 1 N–H and O–H groups in total. The average Bonchev–Trinajstić information content (AvgIpc) is 2.86. The first-order chi connectivity index (χ1) is 17.2. The van der Waals surface area contributed by atoms with Crippen molar-refractivity contribution >= 4 is 28.5 Å². The molecule has 0 unspecified atom stereocenters. The van der Waals surface area contributed by atoms with E-state index in [1.54, 1.807) is 19.2 Å². The van der Waals surface area contributed by atoms with Crippen molar-refractivity contribution in [1.82, 2.24) is 9.89 Å². The number of aromatic carboxylic acids is 1. The van der Waals surface area contributed by atoms with Gasteiger partial charge in [0.2, 0.25) is 5.36 Å². The fourth-order valence-corrected chi connectivity index (χ4v) is 4.16. The molecular formula is C28H29N3O5. The number of carbonyl (C=O) groups excluding carboxylic acids is 2. The fourth-order valence-electron chi connectivity index (χ4n) is 4.16. The van der Waals surface area contributed by atoms with Crippen LogP contribution < -0.4 is 25.3 Å². The summed E-state index contributed by atoms with van der Waals surface area (Å²) in [5.74, 6) is -1.14. The maximum Gasteiger partial charge on any atom is 0.251 e. The lowest BCUT2D eigenvalue weighted by Gasteiger charge is -2.20. The Bertz CT molecular complexity index is 1500. The molecule has 1 aliphatic heterocycles. The van der Waals surface area contributed by atoms with Gasteiger partial charge in [-0.3, -0.25) is 4.79 Å². The van der Waals surface area contributed by atoms with Crippen LogP contribution in [0.1, 0.15) is 20.7 Å². The van der Waals surface area contributed by atoms with E-state index < -0.39 is 5.97 Å². The summed E-state index contributed by atoms with van der Waals surface area (Å²) in [6, 6.07) is 16.2. The number of rotatable bonds is 7. The minimum Gasteiger partial charge on any atom is -0.545 e. The molecule has 8 nitrogen and oxygen atoms in total. The first-order valence-electron chi connectivity index (χ1n) is 11.5. The van der Waals surface area contributed by atoms with Gasteiger partial charge < -0.3 is 29.3 Å². The zero-order valence-electron chi connectivity index (χ0n) is 21.0. The molecule has 4 rings (SSSR count). The Morgan fingerprint density at radius 2 is 1.78 bits per heavy atom. The quantitative estimate of drug-likeness (QED) is 0.243. The number of nitrogens with one attached hydrogen (secondary N) is 1. The summed E-state index contributed by atoms with van der Waals surface area (Å²) in [7, 11) is 9.31. The molecule has 8 heteroatoms. The van der Waals surface area contributed by atoms with E-state index in [0.717, 1.165) is 22.0 Å². The molecule has 0 radical (unpaired) electrons. The fraction of sp³-hybridized carbons (Fsp3) is 0.250. The van der Waals surface area contributed by atoms with Crippen LogP contribution in [0.3, 0.4) is 0 Å². The molecule has 2 aromatic rings. The molecule has 36 heavy (non-hydrogen) atoms. The molecule has 0 fully saturated rings. The number of carboxylic acid groups (broad SMARTS) is 1. The summed E-state index contributed by atoms with van der Waals surface area (Å²) in [5.41, 5.74) is 3.63. The van der Waals surface area contributed by atoms with Crippen LogP contribution in [0, 0.1) is 0 Å². The number of nitrogens with zero attached hydrogens (tertiary/aromatic N) is 2. The minimum atomic E-state index is -1.37. The minimum absolute atomic E-state index is 0.0726. The standard InChI is InChI=1S/C28H29N3O5/c1-30(2)18-7-10-21-24(15-18)36-25-16-19(31(3)4)8-11-22(25)26(21)20-9-6-17(14-23(20)28(33)34)27(32)29-12-13-35-5/h6-11,14-16H,12-13H2,1-5H3,(H-,29,32,33,34). The predicted octanol–water partition coefficient (Wildman–Crippen LogP) is 2.04. The number of methoxy groups -OCH3 is 1. The molecule has 1 amide bonds. The molecular weight excluding hydrogens is 458 g/mol. The monoisotopic (exact) mass is 487 g/mol. The lowest BCUT2D eigenvalue weighted by atomic mass is 9.89. The number of carboxylic acids is 1. The molecule has 0 aromatic heterocycles. The Morgan fingerprint density at radius 3 is 2.44 bits per heavy atom. The van der Waals surface area contributed by atoms with Crippen molar-refractivity contribution in [3.63, 3.8) is 0 Å². The Hall–Kier alpha value is -4.17. The summed E-state index contributed by atoms with van der Waals surface area (Å²) < 4.78 is 13.2. The van der Waals surface area contributed by atoms with E-state index >= 15 is 0 Å². The van der Waals surface area contributed by atoms with Crippen LogP contribution in [-0.2, 0) is 4.74 Å². The van der Waals surface area contributed by atoms with Gasteiger partial charge in [0.1, 0.15) is 25.4 Å². The highest BCUT2D eigenvalue weighted by molar-refractivity contribution is 6.08. The van der Waals surface area contributed by atoms with Crippen molar-refractivity contribution in [3.8, 4) is 22.5 Å². The highest BCUT2D eigenvalue weighted by atomic mass is 16.5. The molecule has 0 atom stereocenters. The molecule has 0 saturated heterocycles. The second kappa shape index (κ2) is 10.2. The molecule has 2 aromatic carbocycles. The number of carbonyl (C=O) groups is 2. The maximum atomic E-state index is 12.6. The molecule has 0 spiro atoms. The van der Waals surface area contributed by atoms with Crippen molar-refractivity contribution in [3.05, 3.63) is 71.1 Å². The maximum absolute atomic E-state index is 12.6. The second-order valence-corrected chi connectivity index (χ2v) is 8.92. The van der Waals surface area contributed by atoms with Crippen molar-refractivity contribution in [2.45, 2.75) is 0 Å². The highest BCUT2D eigenvalue weighted by Gasteiger charge is 2.22. The predicted molar refractivity (Wildman–Crippen MR) is 138 cm³/mol. The molecule has 0 saturated carbocycles. The Kier molecular flexibility index (Phi) is 7.07. The zero-order chi connectivity index (χ0) is 26.0. The van der Waals surface area contributed by atoms with Gasteiger partial charge >= 0.3 is 0 Å². The van der Waals surface area contributed by atoms with Gasteiger partial charge in [-0.05, 0) is 35.9 Å². The number of fused-ring (bicyclic) bond motifs is 2. The van der Waals surface area contributed by atoms with Gasteiger partial charge in [0.05, 0.1) is 18.6 Å². The topological polar surface area (TPSA) is 97.8 Å². The summed E-state index contributed by atoms with van der Waals surface area (Å²) in [6.45, 7) is 0.669. The van der Waals surface area contributed by atoms with E-state index in [9.17, 15) is 14.7 Å². The van der Waals surface area contributed by atoms with Gasteiger partial charge in [0.15, 0.2) is 0 Å². The number of benzene rings is 3. The summed E-state index contributed by atoms with van der Waals surface area (Å²) in [5, 5.41) is 16.7. The van der Waals surface area contributed by atoms with Gasteiger partial charge in [0.25, 0.3) is 5.91 Å². The zero-order valence-corrected chi connectivity index (χ0v) is 21.0. The van der Waals surface area contributed by atoms with Crippen LogP contribution >= 0.6 is 0 Å². The van der Waals surface area contributed by atoms with E-state index in [1.165, 1.54) is 6.07 Å².